The van der Waals surface area contributed by atoms with E-state index in [1.165, 1.54) is 6.92 Å². The maximum atomic E-state index is 11.8. The van der Waals surface area contributed by atoms with Gasteiger partial charge in [-0.2, -0.15) is 0 Å². The van der Waals surface area contributed by atoms with Crippen molar-refractivity contribution in [1.29, 1.82) is 0 Å². The molecule has 0 aliphatic rings. The van der Waals surface area contributed by atoms with Crippen molar-refractivity contribution in [3.63, 3.8) is 0 Å². The van der Waals surface area contributed by atoms with Crippen molar-refractivity contribution in [2.75, 3.05) is 30.1 Å². The normalized spacial score (nSPS) is 13.8. The van der Waals surface area contributed by atoms with Crippen LogP contribution in [0.2, 0.25) is 0 Å². The van der Waals surface area contributed by atoms with Crippen LogP contribution in [0, 0.1) is 0 Å². The van der Waals surface area contributed by atoms with Crippen LogP contribution in [0.4, 0.5) is 5.69 Å². The predicted molar refractivity (Wildman–Crippen MR) is 82.4 cm³/mol. The van der Waals surface area contributed by atoms with Gasteiger partial charge < -0.3 is 10.5 Å². The number of sulfone groups is 1. The van der Waals surface area contributed by atoms with Crippen LogP contribution in [-0.4, -0.2) is 47.2 Å². The second-order valence-electron chi connectivity index (χ2n) is 4.85. The van der Waals surface area contributed by atoms with Crippen LogP contribution in [0.25, 0.3) is 0 Å². The Morgan fingerprint density at radius 2 is 1.76 bits per heavy atom. The fraction of sp³-hybridized carbons (Fsp3) is 0.500. The zero-order valence-electron chi connectivity index (χ0n) is 11.9. The first-order valence-electron chi connectivity index (χ1n) is 6.23. The summed E-state index contributed by atoms with van der Waals surface area (Å²) in [4.78, 5) is 0. The van der Waals surface area contributed by atoms with Gasteiger partial charge in [0, 0.05) is 18.0 Å². The highest BCUT2D eigenvalue weighted by Crippen LogP contribution is 2.12. The van der Waals surface area contributed by atoms with Crippen molar-refractivity contribution in [3.05, 3.63) is 24.3 Å². The van der Waals surface area contributed by atoms with Crippen LogP contribution in [0.1, 0.15) is 6.92 Å². The van der Waals surface area contributed by atoms with E-state index < -0.39 is 25.9 Å². The minimum Gasteiger partial charge on any atom is -0.492 e. The smallest absolute Gasteiger partial charge is 0.215 e. The molecule has 21 heavy (non-hydrogen) atoms. The molecule has 7 nitrogen and oxygen atoms in total. The van der Waals surface area contributed by atoms with Crippen molar-refractivity contribution in [2.45, 2.75) is 13.0 Å². The molecule has 9 heteroatoms. The summed E-state index contributed by atoms with van der Waals surface area (Å²) in [7, 11) is -6.83. The number of anilines is 1. The SMILES string of the molecule is CC(CS(C)(=O)=O)NS(=O)(=O)CCOc1ccc(N)cc1. The van der Waals surface area contributed by atoms with Crippen LogP contribution in [0.15, 0.2) is 24.3 Å². The molecule has 0 saturated carbocycles. The van der Waals surface area contributed by atoms with Crippen molar-refractivity contribution in [3.8, 4) is 5.75 Å². The highest BCUT2D eigenvalue weighted by molar-refractivity contribution is 7.91. The zero-order chi connectivity index (χ0) is 16.1. The summed E-state index contributed by atoms with van der Waals surface area (Å²) in [5, 5.41) is 0. The van der Waals surface area contributed by atoms with Gasteiger partial charge in [0.25, 0.3) is 0 Å². The first-order chi connectivity index (χ1) is 9.57. The fourth-order valence-corrected chi connectivity index (χ4v) is 3.90. The van der Waals surface area contributed by atoms with E-state index in [0.29, 0.717) is 11.4 Å². The number of benzene rings is 1. The van der Waals surface area contributed by atoms with E-state index in [0.717, 1.165) is 6.26 Å². The van der Waals surface area contributed by atoms with Crippen LogP contribution in [0.3, 0.4) is 0 Å². The number of hydrogen-bond acceptors (Lipinski definition) is 6. The van der Waals surface area contributed by atoms with Crippen molar-refractivity contribution >= 4 is 25.5 Å². The Morgan fingerprint density at radius 1 is 1.19 bits per heavy atom. The summed E-state index contributed by atoms with van der Waals surface area (Å²) in [5.41, 5.74) is 6.11. The molecule has 0 aliphatic heterocycles. The van der Waals surface area contributed by atoms with E-state index in [4.69, 9.17) is 10.5 Å². The minimum atomic E-state index is -3.60. The lowest BCUT2D eigenvalue weighted by atomic mass is 10.3. The Hall–Kier alpha value is -1.32. The van der Waals surface area contributed by atoms with Crippen LogP contribution >= 0.6 is 0 Å². The van der Waals surface area contributed by atoms with Crippen LogP contribution in [-0.2, 0) is 19.9 Å². The van der Waals surface area contributed by atoms with Crippen molar-refractivity contribution in [2.24, 2.45) is 0 Å². The number of nitrogens with two attached hydrogens (primary N) is 1. The van der Waals surface area contributed by atoms with Gasteiger partial charge in [-0.25, -0.2) is 21.6 Å². The lowest BCUT2D eigenvalue weighted by molar-refractivity contribution is 0.340. The lowest BCUT2D eigenvalue weighted by Crippen LogP contribution is -2.39. The maximum Gasteiger partial charge on any atom is 0.215 e. The number of sulfonamides is 1. The number of ether oxygens (including phenoxy) is 1. The zero-order valence-corrected chi connectivity index (χ0v) is 13.6. The first-order valence-corrected chi connectivity index (χ1v) is 9.95. The minimum absolute atomic E-state index is 0.0369. The molecule has 0 heterocycles. The number of hydrogen-bond donors (Lipinski definition) is 2. The van der Waals surface area contributed by atoms with Crippen molar-refractivity contribution < 1.29 is 21.6 Å². The third-order valence-electron chi connectivity index (χ3n) is 2.43. The number of nitrogens with one attached hydrogen (secondary N) is 1. The Bertz CT molecular complexity index is 653. The third kappa shape index (κ3) is 7.88. The summed E-state index contributed by atoms with van der Waals surface area (Å²) >= 11 is 0. The molecule has 0 aromatic heterocycles. The lowest BCUT2D eigenvalue weighted by Gasteiger charge is -2.13. The molecule has 120 valence electrons. The average Bonchev–Trinajstić information content (AvgIpc) is 2.28. The molecular weight excluding hydrogens is 316 g/mol. The molecule has 0 amide bonds. The molecule has 0 saturated heterocycles. The van der Waals surface area contributed by atoms with Gasteiger partial charge in [-0.1, -0.05) is 0 Å². The largest absolute Gasteiger partial charge is 0.492 e. The molecule has 0 aliphatic carbocycles. The highest BCUT2D eigenvalue weighted by atomic mass is 32.2. The van der Waals surface area contributed by atoms with Gasteiger partial charge in [0.05, 0.1) is 11.5 Å². The number of nitrogen functional groups attached to an aromatic ring is 1. The predicted octanol–water partition coefficient (Wildman–Crippen LogP) is 0.000100. The highest BCUT2D eigenvalue weighted by Gasteiger charge is 2.18. The van der Waals surface area contributed by atoms with E-state index in [9.17, 15) is 16.8 Å². The van der Waals surface area contributed by atoms with E-state index >= 15 is 0 Å². The molecule has 0 bridgehead atoms. The molecule has 1 aromatic rings. The van der Waals surface area contributed by atoms with Crippen molar-refractivity contribution in [1.82, 2.24) is 4.72 Å². The molecule has 0 radical (unpaired) electrons. The Balaban J connectivity index is 2.44. The second kappa shape index (κ2) is 7.10. The van der Waals surface area contributed by atoms with Gasteiger partial charge >= 0.3 is 0 Å². The Labute approximate surface area is 125 Å². The molecule has 1 atom stereocenters. The second-order valence-corrected chi connectivity index (χ2v) is 8.91. The Kier molecular flexibility index (Phi) is 5.99. The molecule has 1 rings (SSSR count). The maximum absolute atomic E-state index is 11.8. The molecule has 0 spiro atoms. The number of rotatable bonds is 8. The van der Waals surface area contributed by atoms with Gasteiger partial charge in [-0.05, 0) is 31.2 Å². The average molecular weight is 336 g/mol. The van der Waals surface area contributed by atoms with E-state index in [1.807, 2.05) is 0 Å². The topological polar surface area (TPSA) is 116 Å². The van der Waals surface area contributed by atoms with Gasteiger partial charge in [0.1, 0.15) is 22.2 Å². The standard InChI is InChI=1S/C12H20N2O5S2/c1-10(9-20(2,15)16)14-21(17,18)8-7-19-12-5-3-11(13)4-6-12/h3-6,10,14H,7-9,13H2,1-2H3. The fourth-order valence-electron chi connectivity index (χ4n) is 1.69. The summed E-state index contributed by atoms with van der Waals surface area (Å²) in [5.74, 6) is 0.0138. The Morgan fingerprint density at radius 3 is 2.29 bits per heavy atom. The monoisotopic (exact) mass is 336 g/mol. The first kappa shape index (κ1) is 17.7. The van der Waals surface area contributed by atoms with Crippen LogP contribution < -0.4 is 15.2 Å². The molecule has 0 fully saturated rings. The summed E-state index contributed by atoms with van der Waals surface area (Å²) in [6.45, 7) is 1.46. The summed E-state index contributed by atoms with van der Waals surface area (Å²) in [6, 6.07) is 5.90. The van der Waals surface area contributed by atoms with Gasteiger partial charge in [-0.3, -0.25) is 0 Å². The van der Waals surface area contributed by atoms with Crippen LogP contribution in [0.5, 0.6) is 5.75 Å². The molecule has 3 N–H and O–H groups in total. The van der Waals surface area contributed by atoms with Gasteiger partial charge in [-0.15, -0.1) is 0 Å². The van der Waals surface area contributed by atoms with E-state index in [2.05, 4.69) is 4.72 Å². The third-order valence-corrected chi connectivity index (χ3v) is 5.01. The quantitative estimate of drug-likeness (QED) is 0.646. The summed E-state index contributed by atoms with van der Waals surface area (Å²) < 4.78 is 53.3. The molecular formula is C12H20N2O5S2. The molecule has 1 unspecified atom stereocenters. The summed E-state index contributed by atoms with van der Waals surface area (Å²) in [6.07, 6.45) is 1.06. The molecule has 1 aromatic carbocycles. The van der Waals surface area contributed by atoms with E-state index in [-0.39, 0.29) is 18.1 Å². The van der Waals surface area contributed by atoms with Gasteiger partial charge in [0.15, 0.2) is 0 Å². The van der Waals surface area contributed by atoms with Gasteiger partial charge in [0.2, 0.25) is 10.0 Å². The van der Waals surface area contributed by atoms with E-state index in [1.54, 1.807) is 24.3 Å².